The third kappa shape index (κ3) is 5.08. The Morgan fingerprint density at radius 2 is 1.88 bits per heavy atom. The van der Waals surface area contributed by atoms with Gasteiger partial charge in [0.15, 0.2) is 10.6 Å². The van der Waals surface area contributed by atoms with Crippen LogP contribution >= 0.6 is 12.2 Å². The molecule has 1 amide bonds. The van der Waals surface area contributed by atoms with Crippen molar-refractivity contribution in [1.29, 1.82) is 0 Å². The molecular formula is C24H29N5O2S. The van der Waals surface area contributed by atoms with Crippen molar-refractivity contribution in [2.75, 3.05) is 33.3 Å². The minimum absolute atomic E-state index is 0.0648. The van der Waals surface area contributed by atoms with E-state index in [0.717, 1.165) is 43.9 Å². The van der Waals surface area contributed by atoms with Crippen LogP contribution in [0.4, 0.5) is 0 Å². The Morgan fingerprint density at radius 3 is 2.62 bits per heavy atom. The molecule has 32 heavy (non-hydrogen) atoms. The number of amides is 1. The number of carbonyl (C=O) groups is 1. The molecule has 0 saturated carbocycles. The van der Waals surface area contributed by atoms with E-state index in [1.165, 1.54) is 11.1 Å². The van der Waals surface area contributed by atoms with E-state index in [9.17, 15) is 4.79 Å². The number of nitrogens with zero attached hydrogens (tertiary/aromatic N) is 4. The third-order valence-corrected chi connectivity index (χ3v) is 6.31. The lowest BCUT2D eigenvalue weighted by molar-refractivity contribution is -0.131. The van der Waals surface area contributed by atoms with E-state index in [1.807, 2.05) is 29.2 Å². The van der Waals surface area contributed by atoms with E-state index in [1.54, 1.807) is 11.7 Å². The van der Waals surface area contributed by atoms with Crippen LogP contribution in [-0.2, 0) is 17.9 Å². The fourth-order valence-electron chi connectivity index (χ4n) is 4.07. The second-order valence-corrected chi connectivity index (χ2v) is 8.49. The number of nitrogens with one attached hydrogen (secondary N) is 1. The largest absolute Gasteiger partial charge is 0.497 e. The third-order valence-electron chi connectivity index (χ3n) is 6.00. The molecule has 0 spiro atoms. The first-order valence-electron chi connectivity index (χ1n) is 10.9. The topological polar surface area (TPSA) is 66.4 Å². The van der Waals surface area contributed by atoms with E-state index in [0.29, 0.717) is 17.1 Å². The van der Waals surface area contributed by atoms with Crippen LogP contribution in [0.15, 0.2) is 48.5 Å². The number of hydrogen-bond donors (Lipinski definition) is 1. The minimum Gasteiger partial charge on any atom is -0.497 e. The van der Waals surface area contributed by atoms with Crippen molar-refractivity contribution in [2.45, 2.75) is 26.4 Å². The zero-order chi connectivity index (χ0) is 22.5. The van der Waals surface area contributed by atoms with Gasteiger partial charge in [-0.3, -0.25) is 19.4 Å². The van der Waals surface area contributed by atoms with Crippen LogP contribution < -0.4 is 4.74 Å². The van der Waals surface area contributed by atoms with Crippen molar-refractivity contribution in [1.82, 2.24) is 24.6 Å². The van der Waals surface area contributed by atoms with Gasteiger partial charge in [0.25, 0.3) is 0 Å². The Bertz CT molecular complexity index is 1120. The van der Waals surface area contributed by atoms with Gasteiger partial charge in [-0.1, -0.05) is 24.3 Å². The second kappa shape index (κ2) is 10.1. The number of methoxy groups -OCH3 is 1. The van der Waals surface area contributed by atoms with Crippen molar-refractivity contribution in [3.63, 3.8) is 0 Å². The lowest BCUT2D eigenvalue weighted by atomic mass is 10.1. The van der Waals surface area contributed by atoms with Gasteiger partial charge >= 0.3 is 0 Å². The summed E-state index contributed by atoms with van der Waals surface area (Å²) >= 11 is 5.41. The van der Waals surface area contributed by atoms with E-state index < -0.39 is 0 Å². The van der Waals surface area contributed by atoms with Gasteiger partial charge in [0.1, 0.15) is 12.3 Å². The van der Waals surface area contributed by atoms with E-state index in [4.69, 9.17) is 17.0 Å². The maximum Gasteiger partial charge on any atom is 0.242 e. The number of rotatable bonds is 6. The zero-order valence-corrected chi connectivity index (χ0v) is 19.4. The monoisotopic (exact) mass is 451 g/mol. The Morgan fingerprint density at radius 1 is 1.09 bits per heavy atom. The van der Waals surface area contributed by atoms with E-state index in [-0.39, 0.29) is 12.5 Å². The fourth-order valence-corrected chi connectivity index (χ4v) is 4.26. The molecule has 0 unspecified atom stereocenters. The first-order chi connectivity index (χ1) is 15.5. The van der Waals surface area contributed by atoms with Gasteiger partial charge in [-0.25, -0.2) is 0 Å². The number of H-pyrrole nitrogens is 1. The van der Waals surface area contributed by atoms with Gasteiger partial charge < -0.3 is 9.64 Å². The number of hydrogen-bond acceptors (Lipinski definition) is 5. The van der Waals surface area contributed by atoms with Crippen LogP contribution in [-0.4, -0.2) is 63.8 Å². The van der Waals surface area contributed by atoms with Crippen LogP contribution in [0.1, 0.15) is 17.5 Å². The van der Waals surface area contributed by atoms with Crippen LogP contribution in [0.25, 0.3) is 11.4 Å². The molecule has 1 aliphatic rings. The van der Waals surface area contributed by atoms with Crippen molar-refractivity contribution in [2.24, 2.45) is 0 Å². The predicted octanol–water partition coefficient (Wildman–Crippen LogP) is 3.66. The average Bonchev–Trinajstić information content (AvgIpc) is 3.01. The summed E-state index contributed by atoms with van der Waals surface area (Å²) in [7, 11) is 1.63. The van der Waals surface area contributed by atoms with Gasteiger partial charge in [0.05, 0.1) is 7.11 Å². The molecule has 8 heteroatoms. The highest BCUT2D eigenvalue weighted by Gasteiger charge is 2.21. The van der Waals surface area contributed by atoms with Gasteiger partial charge in [0.2, 0.25) is 5.91 Å². The number of carbonyl (C=O) groups excluding carboxylic acids is 1. The van der Waals surface area contributed by atoms with Crippen molar-refractivity contribution >= 4 is 18.1 Å². The normalized spacial score (nSPS) is 14.9. The number of aromatic amines is 1. The summed E-state index contributed by atoms with van der Waals surface area (Å²) in [6, 6.07) is 16.1. The molecule has 3 aromatic rings. The molecule has 0 bridgehead atoms. The molecule has 1 aliphatic heterocycles. The maximum atomic E-state index is 13.2. The summed E-state index contributed by atoms with van der Waals surface area (Å²) < 4.78 is 7.45. The molecule has 168 valence electrons. The molecule has 1 aromatic heterocycles. The van der Waals surface area contributed by atoms with Crippen molar-refractivity contribution in [3.05, 3.63) is 64.4 Å². The van der Waals surface area contributed by atoms with Gasteiger partial charge in [0, 0.05) is 38.3 Å². The van der Waals surface area contributed by atoms with E-state index in [2.05, 4.69) is 46.3 Å². The van der Waals surface area contributed by atoms with Crippen molar-refractivity contribution < 1.29 is 9.53 Å². The molecule has 2 aromatic carbocycles. The molecule has 2 heterocycles. The molecule has 0 radical (unpaired) electrons. The SMILES string of the molecule is COc1ccc(-c2n[nH]c(=S)n2CC(=O)N2CCCN(Cc3ccccc3C)CC2)cc1. The molecule has 4 rings (SSSR count). The van der Waals surface area contributed by atoms with Crippen LogP contribution in [0, 0.1) is 11.7 Å². The van der Waals surface area contributed by atoms with Crippen LogP contribution in [0.2, 0.25) is 0 Å². The lowest BCUT2D eigenvalue weighted by Crippen LogP contribution is -2.37. The molecule has 1 fully saturated rings. The smallest absolute Gasteiger partial charge is 0.242 e. The van der Waals surface area contributed by atoms with Crippen molar-refractivity contribution in [3.8, 4) is 17.1 Å². The van der Waals surface area contributed by atoms with Crippen LogP contribution in [0.5, 0.6) is 5.75 Å². The number of aromatic nitrogens is 3. The Hall–Kier alpha value is -2.97. The summed E-state index contributed by atoms with van der Waals surface area (Å²) in [4.78, 5) is 17.5. The summed E-state index contributed by atoms with van der Waals surface area (Å²) in [5.74, 6) is 1.49. The molecule has 1 saturated heterocycles. The summed E-state index contributed by atoms with van der Waals surface area (Å²) in [5.41, 5.74) is 3.54. The quantitative estimate of drug-likeness (QED) is 0.580. The zero-order valence-electron chi connectivity index (χ0n) is 18.6. The number of aryl methyl sites for hydroxylation is 1. The molecule has 1 N–H and O–H groups in total. The number of benzene rings is 2. The predicted molar refractivity (Wildman–Crippen MR) is 127 cm³/mol. The fraction of sp³-hybridized carbons (Fsp3) is 0.375. The summed E-state index contributed by atoms with van der Waals surface area (Å²) in [6.07, 6.45) is 0.958. The Kier molecular flexibility index (Phi) is 7.02. The molecule has 0 aliphatic carbocycles. The lowest BCUT2D eigenvalue weighted by Gasteiger charge is -2.23. The minimum atomic E-state index is 0.0648. The van der Waals surface area contributed by atoms with Gasteiger partial charge in [-0.15, -0.1) is 0 Å². The maximum absolute atomic E-state index is 13.2. The first kappa shape index (κ1) is 22.2. The highest BCUT2D eigenvalue weighted by molar-refractivity contribution is 7.71. The van der Waals surface area contributed by atoms with Gasteiger partial charge in [-0.05, 0) is 61.0 Å². The highest BCUT2D eigenvalue weighted by Crippen LogP contribution is 2.21. The number of ether oxygens (including phenoxy) is 1. The molecule has 0 atom stereocenters. The van der Waals surface area contributed by atoms with Gasteiger partial charge in [-0.2, -0.15) is 5.10 Å². The standard InChI is InChI=1S/C24H29N5O2S/c1-18-6-3-4-7-20(18)16-27-12-5-13-28(15-14-27)22(30)17-29-23(25-26-24(29)32)19-8-10-21(31-2)11-9-19/h3-4,6-11H,5,12-17H2,1-2H3,(H,26,32). The van der Waals surface area contributed by atoms with Crippen LogP contribution in [0.3, 0.4) is 0 Å². The summed E-state index contributed by atoms with van der Waals surface area (Å²) in [6.45, 7) is 6.57. The Balaban J connectivity index is 1.42. The highest BCUT2D eigenvalue weighted by atomic mass is 32.1. The molecule has 7 nitrogen and oxygen atoms in total. The first-order valence-corrected chi connectivity index (χ1v) is 11.3. The second-order valence-electron chi connectivity index (χ2n) is 8.10. The Labute approximate surface area is 193 Å². The average molecular weight is 452 g/mol. The summed E-state index contributed by atoms with van der Waals surface area (Å²) in [5, 5.41) is 7.18. The molecular weight excluding hydrogens is 422 g/mol. The van der Waals surface area contributed by atoms with E-state index >= 15 is 0 Å².